The Balaban J connectivity index is 1.98. The lowest BCUT2D eigenvalue weighted by molar-refractivity contribution is 0.169. The highest BCUT2D eigenvalue weighted by molar-refractivity contribution is 5.48. The summed E-state index contributed by atoms with van der Waals surface area (Å²) in [5.74, 6) is -0.277. The number of aliphatic hydroxyl groups excluding tert-OH is 1. The molecule has 0 saturated heterocycles. The molecular weight excluding hydrogens is 265 g/mol. The van der Waals surface area contributed by atoms with Crippen molar-refractivity contribution >= 4 is 5.69 Å². The molecule has 0 amide bonds. The number of nitrogens with zero attached hydrogens (tertiary/aromatic N) is 1. The van der Waals surface area contributed by atoms with Crippen molar-refractivity contribution in [2.75, 3.05) is 18.0 Å². The summed E-state index contributed by atoms with van der Waals surface area (Å²) in [6.07, 6.45) is 0.0532. The molecule has 0 aromatic heterocycles. The monoisotopic (exact) mass is 287 g/mol. The SMILES string of the molecule is CCN(CCC(O)c1ccc(F)cc1)c1cccc(C)c1. The number of benzene rings is 2. The molecule has 0 bridgehead atoms. The van der Waals surface area contributed by atoms with E-state index in [4.69, 9.17) is 0 Å². The molecule has 2 aromatic rings. The van der Waals surface area contributed by atoms with Crippen molar-refractivity contribution < 1.29 is 9.50 Å². The fourth-order valence-corrected chi connectivity index (χ4v) is 2.42. The summed E-state index contributed by atoms with van der Waals surface area (Å²) in [7, 11) is 0. The Morgan fingerprint density at radius 3 is 2.48 bits per heavy atom. The number of hydrogen-bond donors (Lipinski definition) is 1. The van der Waals surface area contributed by atoms with Crippen LogP contribution in [0.2, 0.25) is 0 Å². The van der Waals surface area contributed by atoms with Crippen LogP contribution in [0.5, 0.6) is 0 Å². The summed E-state index contributed by atoms with van der Waals surface area (Å²) >= 11 is 0. The first-order chi connectivity index (χ1) is 10.1. The number of aryl methyl sites for hydroxylation is 1. The van der Waals surface area contributed by atoms with Crippen molar-refractivity contribution in [3.63, 3.8) is 0 Å². The predicted octanol–water partition coefficient (Wildman–Crippen LogP) is 4.08. The van der Waals surface area contributed by atoms with E-state index in [-0.39, 0.29) is 5.82 Å². The van der Waals surface area contributed by atoms with E-state index in [0.717, 1.165) is 18.7 Å². The summed E-state index contributed by atoms with van der Waals surface area (Å²) in [5, 5.41) is 10.2. The summed E-state index contributed by atoms with van der Waals surface area (Å²) in [5.41, 5.74) is 3.16. The van der Waals surface area contributed by atoms with E-state index in [1.54, 1.807) is 12.1 Å². The van der Waals surface area contributed by atoms with Gasteiger partial charge in [0, 0.05) is 18.8 Å². The molecule has 0 radical (unpaired) electrons. The van der Waals surface area contributed by atoms with E-state index in [9.17, 15) is 9.50 Å². The van der Waals surface area contributed by atoms with Crippen molar-refractivity contribution in [3.8, 4) is 0 Å². The first-order valence-electron chi connectivity index (χ1n) is 7.35. The minimum atomic E-state index is -0.565. The molecule has 1 atom stereocenters. The van der Waals surface area contributed by atoms with E-state index < -0.39 is 6.10 Å². The van der Waals surface area contributed by atoms with Crippen LogP contribution in [-0.2, 0) is 0 Å². The Morgan fingerprint density at radius 2 is 1.86 bits per heavy atom. The first-order valence-corrected chi connectivity index (χ1v) is 7.35. The van der Waals surface area contributed by atoms with Crippen LogP contribution in [0.25, 0.3) is 0 Å². The average Bonchev–Trinajstić information content (AvgIpc) is 2.48. The van der Waals surface area contributed by atoms with Gasteiger partial charge in [-0.15, -0.1) is 0 Å². The van der Waals surface area contributed by atoms with Gasteiger partial charge in [0.1, 0.15) is 5.82 Å². The van der Waals surface area contributed by atoms with Gasteiger partial charge < -0.3 is 10.0 Å². The van der Waals surface area contributed by atoms with Crippen molar-refractivity contribution in [1.29, 1.82) is 0 Å². The van der Waals surface area contributed by atoms with Gasteiger partial charge in [0.15, 0.2) is 0 Å². The lowest BCUT2D eigenvalue weighted by Gasteiger charge is -2.25. The summed E-state index contributed by atoms with van der Waals surface area (Å²) in [4.78, 5) is 2.24. The molecule has 2 nitrogen and oxygen atoms in total. The molecule has 1 N–H and O–H groups in total. The van der Waals surface area contributed by atoms with Gasteiger partial charge in [-0.2, -0.15) is 0 Å². The Labute approximate surface area is 125 Å². The zero-order chi connectivity index (χ0) is 15.2. The molecule has 1 unspecified atom stereocenters. The molecule has 2 rings (SSSR count). The molecule has 0 spiro atoms. The van der Waals surface area contributed by atoms with Crippen LogP contribution in [-0.4, -0.2) is 18.2 Å². The van der Waals surface area contributed by atoms with E-state index in [1.807, 2.05) is 6.07 Å². The molecule has 2 aromatic carbocycles. The standard InChI is InChI=1S/C18H22FNO/c1-3-20(17-6-4-5-14(2)13-17)12-11-18(21)15-7-9-16(19)10-8-15/h4-10,13,18,21H,3,11-12H2,1-2H3. The van der Waals surface area contributed by atoms with Gasteiger partial charge in [-0.1, -0.05) is 24.3 Å². The molecular formula is C18H22FNO. The average molecular weight is 287 g/mol. The lowest BCUT2D eigenvalue weighted by Crippen LogP contribution is -2.25. The Hall–Kier alpha value is -1.87. The maximum atomic E-state index is 12.9. The molecule has 0 heterocycles. The summed E-state index contributed by atoms with van der Waals surface area (Å²) in [6.45, 7) is 5.83. The van der Waals surface area contributed by atoms with Gasteiger partial charge in [-0.3, -0.25) is 0 Å². The molecule has 0 aliphatic rings. The predicted molar refractivity (Wildman–Crippen MR) is 85.0 cm³/mol. The summed E-state index contributed by atoms with van der Waals surface area (Å²) < 4.78 is 12.9. The molecule has 0 aliphatic carbocycles. The Kier molecular flexibility index (Phi) is 5.34. The second-order valence-corrected chi connectivity index (χ2v) is 5.27. The topological polar surface area (TPSA) is 23.5 Å². The van der Waals surface area contributed by atoms with Crippen LogP contribution < -0.4 is 4.90 Å². The van der Waals surface area contributed by atoms with Crippen LogP contribution in [0.15, 0.2) is 48.5 Å². The zero-order valence-corrected chi connectivity index (χ0v) is 12.6. The van der Waals surface area contributed by atoms with E-state index in [2.05, 4.69) is 36.9 Å². The van der Waals surface area contributed by atoms with Crippen LogP contribution in [0.3, 0.4) is 0 Å². The third-order valence-electron chi connectivity index (χ3n) is 3.68. The van der Waals surface area contributed by atoms with E-state index in [1.165, 1.54) is 23.4 Å². The van der Waals surface area contributed by atoms with Gasteiger partial charge in [0.2, 0.25) is 0 Å². The van der Waals surface area contributed by atoms with Crippen LogP contribution in [0.4, 0.5) is 10.1 Å². The van der Waals surface area contributed by atoms with Gasteiger partial charge in [0.05, 0.1) is 6.10 Å². The smallest absolute Gasteiger partial charge is 0.123 e. The highest BCUT2D eigenvalue weighted by Gasteiger charge is 2.11. The highest BCUT2D eigenvalue weighted by Crippen LogP contribution is 2.21. The fourth-order valence-electron chi connectivity index (χ4n) is 2.42. The third-order valence-corrected chi connectivity index (χ3v) is 3.68. The van der Waals surface area contributed by atoms with Gasteiger partial charge in [-0.05, 0) is 55.7 Å². The van der Waals surface area contributed by atoms with Crippen molar-refractivity contribution in [2.24, 2.45) is 0 Å². The third kappa shape index (κ3) is 4.30. The maximum Gasteiger partial charge on any atom is 0.123 e. The van der Waals surface area contributed by atoms with Gasteiger partial charge >= 0.3 is 0 Å². The molecule has 0 fully saturated rings. The number of hydrogen-bond acceptors (Lipinski definition) is 2. The fraction of sp³-hybridized carbons (Fsp3) is 0.333. The van der Waals surface area contributed by atoms with Crippen LogP contribution in [0, 0.1) is 12.7 Å². The minimum absolute atomic E-state index is 0.277. The largest absolute Gasteiger partial charge is 0.388 e. The minimum Gasteiger partial charge on any atom is -0.388 e. The molecule has 0 saturated carbocycles. The number of halogens is 1. The van der Waals surface area contributed by atoms with Gasteiger partial charge in [-0.25, -0.2) is 4.39 Å². The van der Waals surface area contributed by atoms with Crippen LogP contribution in [0.1, 0.15) is 30.6 Å². The van der Waals surface area contributed by atoms with Crippen molar-refractivity contribution in [3.05, 3.63) is 65.5 Å². The van der Waals surface area contributed by atoms with Crippen molar-refractivity contribution in [2.45, 2.75) is 26.4 Å². The van der Waals surface area contributed by atoms with Gasteiger partial charge in [0.25, 0.3) is 0 Å². The normalized spacial score (nSPS) is 12.2. The quantitative estimate of drug-likeness (QED) is 0.865. The van der Waals surface area contributed by atoms with E-state index >= 15 is 0 Å². The van der Waals surface area contributed by atoms with Crippen LogP contribution >= 0.6 is 0 Å². The number of aliphatic hydroxyl groups is 1. The maximum absolute atomic E-state index is 12.9. The Bertz CT molecular complexity index is 568. The molecule has 112 valence electrons. The number of rotatable bonds is 6. The van der Waals surface area contributed by atoms with E-state index in [0.29, 0.717) is 6.42 Å². The molecule has 21 heavy (non-hydrogen) atoms. The molecule has 3 heteroatoms. The Morgan fingerprint density at radius 1 is 1.14 bits per heavy atom. The second-order valence-electron chi connectivity index (χ2n) is 5.27. The number of anilines is 1. The zero-order valence-electron chi connectivity index (χ0n) is 12.6. The first kappa shape index (κ1) is 15.5. The summed E-state index contributed by atoms with van der Waals surface area (Å²) in [6, 6.07) is 14.4. The highest BCUT2D eigenvalue weighted by atomic mass is 19.1. The lowest BCUT2D eigenvalue weighted by atomic mass is 10.1. The van der Waals surface area contributed by atoms with Crippen molar-refractivity contribution in [1.82, 2.24) is 0 Å². The second kappa shape index (κ2) is 7.23. The molecule has 0 aliphatic heterocycles.